The van der Waals surface area contributed by atoms with Crippen LogP contribution in [0.3, 0.4) is 0 Å². The second kappa shape index (κ2) is 14.0. The fraction of sp³-hybridized carbons (Fsp3) is 0.393. The van der Waals surface area contributed by atoms with Crippen LogP contribution in [-0.4, -0.2) is 58.8 Å². The molecule has 2 atom stereocenters. The maximum Gasteiger partial charge on any atom is 0.410 e. The molecule has 8 nitrogen and oxygen atoms in total. The molecule has 2 aromatic carbocycles. The number of thioether (sulfide) groups is 1. The smallest absolute Gasteiger partial charge is 0.410 e. The molecular formula is C28H33Cl2N3O5S. The van der Waals surface area contributed by atoms with Crippen LogP contribution in [0.1, 0.15) is 43.1 Å². The first-order chi connectivity index (χ1) is 18.4. The molecule has 2 N–H and O–H groups in total. The number of amides is 2. The zero-order valence-electron chi connectivity index (χ0n) is 22.2. The number of hydrogen-bond acceptors (Lipinski definition) is 7. The molecule has 0 spiro atoms. The first-order valence-corrected chi connectivity index (χ1v) is 14.1. The van der Waals surface area contributed by atoms with Crippen LogP contribution in [0.2, 0.25) is 10.0 Å². The van der Waals surface area contributed by atoms with Gasteiger partial charge in [-0.25, -0.2) is 9.59 Å². The Hall–Kier alpha value is -2.88. The molecule has 1 saturated heterocycles. The van der Waals surface area contributed by atoms with E-state index in [0.717, 1.165) is 23.0 Å². The predicted molar refractivity (Wildman–Crippen MR) is 157 cm³/mol. The molecule has 210 valence electrons. The maximum absolute atomic E-state index is 12.7. The van der Waals surface area contributed by atoms with E-state index < -0.39 is 11.7 Å². The molecule has 0 saturated carbocycles. The normalized spacial score (nSPS) is 16.9. The van der Waals surface area contributed by atoms with Gasteiger partial charge in [-0.05, 0) is 74.8 Å². The zero-order chi connectivity index (χ0) is 28.6. The van der Waals surface area contributed by atoms with Crippen molar-refractivity contribution >= 4 is 58.0 Å². The molecule has 1 fully saturated rings. The van der Waals surface area contributed by atoms with Crippen LogP contribution >= 0.6 is 35.0 Å². The van der Waals surface area contributed by atoms with Crippen LogP contribution in [0.15, 0.2) is 55.1 Å². The minimum absolute atomic E-state index is 0.0960. The minimum Gasteiger partial charge on any atom is -0.452 e. The van der Waals surface area contributed by atoms with E-state index in [1.807, 2.05) is 26.8 Å². The SMILES string of the molecule is C=CCOC(=O)N1CC(SC(=O)OC(C)(C)C)C[C@H]1CNc1cccc(C(=O)NCc2ccc(Cl)c(Cl)c2)c1. The summed E-state index contributed by atoms with van der Waals surface area (Å²) in [7, 11) is 0. The lowest BCUT2D eigenvalue weighted by Crippen LogP contribution is -2.40. The van der Waals surface area contributed by atoms with Crippen molar-refractivity contribution < 1.29 is 23.9 Å². The number of carbonyl (C=O) groups excluding carboxylic acids is 3. The van der Waals surface area contributed by atoms with E-state index in [1.54, 1.807) is 41.3 Å². The molecule has 0 aliphatic carbocycles. The highest BCUT2D eigenvalue weighted by Crippen LogP contribution is 2.31. The summed E-state index contributed by atoms with van der Waals surface area (Å²) in [5, 5.41) is 6.56. The van der Waals surface area contributed by atoms with Crippen molar-refractivity contribution in [2.45, 2.75) is 50.6 Å². The van der Waals surface area contributed by atoms with Crippen LogP contribution in [0.4, 0.5) is 15.3 Å². The molecule has 0 radical (unpaired) electrons. The second-order valence-corrected chi connectivity index (χ2v) is 12.1. The van der Waals surface area contributed by atoms with Gasteiger partial charge in [0.25, 0.3) is 5.91 Å². The second-order valence-electron chi connectivity index (χ2n) is 10.0. The van der Waals surface area contributed by atoms with Gasteiger partial charge in [0.05, 0.1) is 16.1 Å². The van der Waals surface area contributed by atoms with E-state index in [2.05, 4.69) is 17.2 Å². The number of halogens is 2. The largest absolute Gasteiger partial charge is 0.452 e. The Morgan fingerprint density at radius 1 is 1.15 bits per heavy atom. The van der Waals surface area contributed by atoms with Gasteiger partial charge < -0.3 is 25.0 Å². The summed E-state index contributed by atoms with van der Waals surface area (Å²) in [6.07, 6.45) is 1.61. The van der Waals surface area contributed by atoms with E-state index in [9.17, 15) is 14.4 Å². The van der Waals surface area contributed by atoms with Gasteiger partial charge in [0.15, 0.2) is 0 Å². The number of hydrogen-bond donors (Lipinski definition) is 2. The van der Waals surface area contributed by atoms with Gasteiger partial charge in [-0.2, -0.15) is 0 Å². The number of rotatable bonds is 9. The molecule has 0 bridgehead atoms. The van der Waals surface area contributed by atoms with Gasteiger partial charge >= 0.3 is 11.4 Å². The molecule has 1 aliphatic rings. The Bertz CT molecular complexity index is 1200. The molecule has 11 heteroatoms. The van der Waals surface area contributed by atoms with Gasteiger partial charge in [0.1, 0.15) is 12.2 Å². The lowest BCUT2D eigenvalue weighted by atomic mass is 10.1. The molecule has 0 aromatic heterocycles. The Kier molecular flexibility index (Phi) is 11.0. The summed E-state index contributed by atoms with van der Waals surface area (Å²) in [5.74, 6) is -0.242. The van der Waals surface area contributed by atoms with E-state index >= 15 is 0 Å². The Labute approximate surface area is 243 Å². The third-order valence-electron chi connectivity index (χ3n) is 5.69. The first kappa shape index (κ1) is 30.7. The summed E-state index contributed by atoms with van der Waals surface area (Å²) in [6.45, 7) is 10.2. The highest BCUT2D eigenvalue weighted by molar-refractivity contribution is 8.13. The summed E-state index contributed by atoms with van der Waals surface area (Å²) >= 11 is 13.1. The third kappa shape index (κ3) is 9.67. The van der Waals surface area contributed by atoms with E-state index in [0.29, 0.717) is 41.7 Å². The lowest BCUT2D eigenvalue weighted by molar-refractivity contribution is 0.0736. The van der Waals surface area contributed by atoms with Crippen molar-refractivity contribution in [3.63, 3.8) is 0 Å². The van der Waals surface area contributed by atoms with Crippen LogP contribution < -0.4 is 10.6 Å². The molecule has 1 aliphatic heterocycles. The zero-order valence-corrected chi connectivity index (χ0v) is 24.5. The summed E-state index contributed by atoms with van der Waals surface area (Å²) in [5.41, 5.74) is 1.44. The number of nitrogens with zero attached hydrogens (tertiary/aromatic N) is 1. The molecule has 39 heavy (non-hydrogen) atoms. The molecule has 2 amide bonds. The minimum atomic E-state index is -0.592. The standard InChI is InChI=1S/C28H33Cl2N3O5S/c1-5-11-37-26(35)33-17-22(39-27(36)38-28(2,3)4)14-21(33)16-31-20-8-6-7-19(13-20)25(34)32-15-18-9-10-23(29)24(30)12-18/h5-10,12-13,21-22,31H,1,11,14-17H2,2-4H3,(H,32,34)/t21-,22?/m0/s1. The molecular weight excluding hydrogens is 561 g/mol. The Morgan fingerprint density at radius 3 is 2.62 bits per heavy atom. The highest BCUT2D eigenvalue weighted by Gasteiger charge is 2.38. The Balaban J connectivity index is 1.61. The number of anilines is 1. The van der Waals surface area contributed by atoms with E-state index in [4.69, 9.17) is 32.7 Å². The average Bonchev–Trinajstić information content (AvgIpc) is 3.27. The fourth-order valence-electron chi connectivity index (χ4n) is 3.94. The number of benzene rings is 2. The maximum atomic E-state index is 12.7. The number of likely N-dealkylation sites (tertiary alicyclic amines) is 1. The molecule has 3 rings (SSSR count). The van der Waals surface area contributed by atoms with E-state index in [1.165, 1.54) is 6.08 Å². The van der Waals surface area contributed by atoms with Crippen LogP contribution in [0.5, 0.6) is 0 Å². The number of nitrogens with one attached hydrogen (secondary N) is 2. The quantitative estimate of drug-likeness (QED) is 0.244. The summed E-state index contributed by atoms with van der Waals surface area (Å²) in [4.78, 5) is 39.4. The summed E-state index contributed by atoms with van der Waals surface area (Å²) in [6, 6.07) is 12.1. The fourth-order valence-corrected chi connectivity index (χ4v) is 5.38. The van der Waals surface area contributed by atoms with Gasteiger partial charge in [-0.1, -0.05) is 48.0 Å². The third-order valence-corrected chi connectivity index (χ3v) is 7.38. The Morgan fingerprint density at radius 2 is 1.92 bits per heavy atom. The van der Waals surface area contributed by atoms with E-state index in [-0.39, 0.29) is 29.1 Å². The highest BCUT2D eigenvalue weighted by atomic mass is 35.5. The van der Waals surface area contributed by atoms with Gasteiger partial charge in [0, 0.05) is 36.1 Å². The van der Waals surface area contributed by atoms with Crippen molar-refractivity contribution in [1.29, 1.82) is 0 Å². The van der Waals surface area contributed by atoms with Gasteiger partial charge in [-0.3, -0.25) is 4.79 Å². The van der Waals surface area contributed by atoms with Crippen molar-refractivity contribution in [1.82, 2.24) is 10.2 Å². The first-order valence-electron chi connectivity index (χ1n) is 12.4. The van der Waals surface area contributed by atoms with Crippen molar-refractivity contribution in [3.8, 4) is 0 Å². The van der Waals surface area contributed by atoms with Crippen molar-refractivity contribution in [2.24, 2.45) is 0 Å². The number of ether oxygens (including phenoxy) is 2. The van der Waals surface area contributed by atoms with Gasteiger partial charge in [-0.15, -0.1) is 0 Å². The van der Waals surface area contributed by atoms with Crippen molar-refractivity contribution in [2.75, 3.05) is 25.0 Å². The lowest BCUT2D eigenvalue weighted by Gasteiger charge is -2.24. The van der Waals surface area contributed by atoms with Crippen LogP contribution in [-0.2, 0) is 16.0 Å². The summed E-state index contributed by atoms with van der Waals surface area (Å²) < 4.78 is 10.7. The van der Waals surface area contributed by atoms with Crippen LogP contribution in [0.25, 0.3) is 0 Å². The number of carbonyl (C=O) groups is 3. The topological polar surface area (TPSA) is 97.0 Å². The molecule has 2 aromatic rings. The van der Waals surface area contributed by atoms with Crippen LogP contribution in [0, 0.1) is 0 Å². The predicted octanol–water partition coefficient (Wildman–Crippen LogP) is 6.77. The molecule has 1 unspecified atom stereocenters. The average molecular weight is 595 g/mol. The van der Waals surface area contributed by atoms with Crippen molar-refractivity contribution in [3.05, 3.63) is 76.3 Å². The molecule has 1 heterocycles. The van der Waals surface area contributed by atoms with Gasteiger partial charge in [0.2, 0.25) is 0 Å². The monoisotopic (exact) mass is 593 g/mol.